The predicted molar refractivity (Wildman–Crippen MR) is 104 cm³/mol. The number of fused-ring (bicyclic) bond motifs is 1. The van der Waals surface area contributed by atoms with Gasteiger partial charge in [-0.2, -0.15) is 4.98 Å². The van der Waals surface area contributed by atoms with E-state index >= 15 is 0 Å². The Balaban J connectivity index is 1.51. The summed E-state index contributed by atoms with van der Waals surface area (Å²) in [6.45, 7) is 3.66. The Morgan fingerprint density at radius 3 is 2.76 bits per heavy atom. The number of anilines is 2. The van der Waals surface area contributed by atoms with Crippen LogP contribution in [-0.2, 0) is 11.2 Å². The van der Waals surface area contributed by atoms with Gasteiger partial charge in [-0.05, 0) is 38.3 Å². The van der Waals surface area contributed by atoms with Crippen LogP contribution in [-0.4, -0.2) is 34.1 Å². The summed E-state index contributed by atoms with van der Waals surface area (Å²) < 4.78 is 32.0. The van der Waals surface area contributed by atoms with Crippen LogP contribution in [0.4, 0.5) is 20.3 Å². The third kappa shape index (κ3) is 4.18. The van der Waals surface area contributed by atoms with Crippen LogP contribution >= 0.6 is 0 Å². The molecule has 0 bridgehead atoms. The highest BCUT2D eigenvalue weighted by molar-refractivity contribution is 5.91. The zero-order valence-corrected chi connectivity index (χ0v) is 16.0. The van der Waals surface area contributed by atoms with Crippen molar-refractivity contribution >= 4 is 28.5 Å². The van der Waals surface area contributed by atoms with Crippen molar-refractivity contribution in [3.63, 3.8) is 0 Å². The quantitative estimate of drug-likeness (QED) is 0.701. The van der Waals surface area contributed by atoms with E-state index in [2.05, 4.69) is 25.3 Å². The van der Waals surface area contributed by atoms with Crippen molar-refractivity contribution in [1.82, 2.24) is 15.1 Å². The molecule has 1 saturated heterocycles. The minimum Gasteiger partial charge on any atom is -0.356 e. The molecule has 1 amide bonds. The van der Waals surface area contributed by atoms with E-state index in [1.807, 2.05) is 6.92 Å². The molecule has 3 aromatic rings. The second kappa shape index (κ2) is 8.10. The first kappa shape index (κ1) is 19.2. The summed E-state index contributed by atoms with van der Waals surface area (Å²) in [6.07, 6.45) is 3.69. The van der Waals surface area contributed by atoms with Crippen LogP contribution in [0.5, 0.6) is 0 Å². The van der Waals surface area contributed by atoms with Crippen molar-refractivity contribution in [2.24, 2.45) is 0 Å². The molecule has 9 heteroatoms. The number of aromatic nitrogens is 3. The van der Waals surface area contributed by atoms with Gasteiger partial charge in [0.15, 0.2) is 0 Å². The van der Waals surface area contributed by atoms with Gasteiger partial charge in [-0.1, -0.05) is 5.16 Å². The molecule has 1 aromatic carbocycles. The van der Waals surface area contributed by atoms with Gasteiger partial charge in [0, 0.05) is 32.0 Å². The summed E-state index contributed by atoms with van der Waals surface area (Å²) in [5, 5.41) is 7.25. The number of amides is 1. The van der Waals surface area contributed by atoms with Crippen LogP contribution in [0.15, 0.2) is 22.7 Å². The molecule has 3 heterocycles. The summed E-state index contributed by atoms with van der Waals surface area (Å²) in [5.74, 6) is -0.680. The number of carbonyl (C=O) groups is 1. The summed E-state index contributed by atoms with van der Waals surface area (Å²) in [5.41, 5.74) is 1.07. The van der Waals surface area contributed by atoms with Gasteiger partial charge in [-0.3, -0.25) is 4.79 Å². The fourth-order valence-electron chi connectivity index (χ4n) is 3.49. The van der Waals surface area contributed by atoms with E-state index in [0.717, 1.165) is 55.0 Å². The normalized spacial score (nSPS) is 14.4. The molecule has 152 valence electrons. The van der Waals surface area contributed by atoms with Gasteiger partial charge in [0.05, 0.1) is 11.4 Å². The minimum absolute atomic E-state index is 0.0505. The molecule has 0 atom stereocenters. The zero-order chi connectivity index (χ0) is 20.4. The highest BCUT2D eigenvalue weighted by Crippen LogP contribution is 2.29. The van der Waals surface area contributed by atoms with Crippen molar-refractivity contribution in [3.8, 4) is 0 Å². The number of nitrogens with zero attached hydrogens (tertiary/aromatic N) is 4. The number of carbonyl (C=O) groups excluding carboxylic acids is 1. The Labute approximate surface area is 166 Å². The van der Waals surface area contributed by atoms with Crippen LogP contribution in [0, 0.1) is 18.6 Å². The van der Waals surface area contributed by atoms with E-state index < -0.39 is 17.5 Å². The van der Waals surface area contributed by atoms with E-state index in [9.17, 15) is 13.6 Å². The van der Waals surface area contributed by atoms with Gasteiger partial charge in [0.25, 0.3) is 5.71 Å². The maximum Gasteiger partial charge on any atom is 0.263 e. The summed E-state index contributed by atoms with van der Waals surface area (Å²) in [7, 11) is 0. The topological polar surface area (TPSA) is 84.1 Å². The number of hydrogen-bond acceptors (Lipinski definition) is 6. The number of aryl methyl sites for hydroxylation is 2. The summed E-state index contributed by atoms with van der Waals surface area (Å²) in [6, 6.07) is 3.01. The second-order valence-electron chi connectivity index (χ2n) is 7.13. The largest absolute Gasteiger partial charge is 0.356 e. The molecule has 4 rings (SSSR count). The molecular formula is C20H21F2N5O2. The number of rotatable bonds is 5. The molecule has 0 unspecified atom stereocenters. The van der Waals surface area contributed by atoms with Crippen molar-refractivity contribution in [2.75, 3.05) is 23.3 Å². The van der Waals surface area contributed by atoms with Gasteiger partial charge in [0.1, 0.15) is 28.7 Å². The third-order valence-corrected chi connectivity index (χ3v) is 4.97. The number of halogens is 2. The van der Waals surface area contributed by atoms with Gasteiger partial charge in [-0.15, -0.1) is 0 Å². The Bertz CT molecular complexity index is 1050. The number of nitrogens with one attached hydrogen (secondary N) is 1. The number of benzene rings is 1. The smallest absolute Gasteiger partial charge is 0.263 e. The van der Waals surface area contributed by atoms with Crippen LogP contribution in [0.25, 0.3) is 11.1 Å². The molecule has 0 aliphatic carbocycles. The van der Waals surface area contributed by atoms with Crippen LogP contribution in [0.1, 0.15) is 37.2 Å². The maximum absolute atomic E-state index is 13.7. The van der Waals surface area contributed by atoms with E-state index in [0.29, 0.717) is 11.5 Å². The molecule has 0 saturated carbocycles. The fourth-order valence-corrected chi connectivity index (χ4v) is 3.49. The summed E-state index contributed by atoms with van der Waals surface area (Å²) in [4.78, 5) is 23.5. The molecule has 0 radical (unpaired) electrons. The Kier molecular flexibility index (Phi) is 5.37. The SMILES string of the molecule is Cc1noc2nc(CCC(=O)Nc3ccc(F)cc3F)nc(N3CCCCC3)c12. The molecule has 1 N–H and O–H groups in total. The lowest BCUT2D eigenvalue weighted by atomic mass is 10.1. The third-order valence-electron chi connectivity index (χ3n) is 4.97. The first-order chi connectivity index (χ1) is 14.0. The first-order valence-corrected chi connectivity index (χ1v) is 9.64. The highest BCUT2D eigenvalue weighted by atomic mass is 19.1. The minimum atomic E-state index is -0.819. The van der Waals surface area contributed by atoms with Gasteiger partial charge >= 0.3 is 0 Å². The fraction of sp³-hybridized carbons (Fsp3) is 0.400. The van der Waals surface area contributed by atoms with E-state index in [4.69, 9.17) is 4.52 Å². The van der Waals surface area contributed by atoms with Crippen molar-refractivity contribution < 1.29 is 18.1 Å². The standard InChI is InChI=1S/C20H21F2N5O2/c1-12-18-19(27-9-3-2-4-10-27)24-16(25-20(18)29-26-12)7-8-17(28)23-15-6-5-13(21)11-14(15)22/h5-6,11H,2-4,7-10H2,1H3,(H,23,28). The van der Waals surface area contributed by atoms with Crippen LogP contribution < -0.4 is 10.2 Å². The van der Waals surface area contributed by atoms with E-state index in [-0.39, 0.29) is 18.5 Å². The lowest BCUT2D eigenvalue weighted by molar-refractivity contribution is -0.116. The lowest BCUT2D eigenvalue weighted by Gasteiger charge is -2.28. The molecule has 1 fully saturated rings. The van der Waals surface area contributed by atoms with Crippen LogP contribution in [0.2, 0.25) is 0 Å². The predicted octanol–water partition coefficient (Wildman–Crippen LogP) is 3.77. The van der Waals surface area contributed by atoms with Gasteiger partial charge in [0.2, 0.25) is 5.91 Å². The first-order valence-electron chi connectivity index (χ1n) is 9.64. The molecule has 1 aliphatic heterocycles. The van der Waals surface area contributed by atoms with Gasteiger partial charge < -0.3 is 14.7 Å². The summed E-state index contributed by atoms with van der Waals surface area (Å²) >= 11 is 0. The number of hydrogen-bond donors (Lipinski definition) is 1. The van der Waals surface area contributed by atoms with Crippen molar-refractivity contribution in [2.45, 2.75) is 39.0 Å². The molecule has 29 heavy (non-hydrogen) atoms. The Morgan fingerprint density at radius 1 is 1.21 bits per heavy atom. The highest BCUT2D eigenvalue weighted by Gasteiger charge is 2.21. The maximum atomic E-state index is 13.7. The second-order valence-corrected chi connectivity index (χ2v) is 7.13. The van der Waals surface area contributed by atoms with E-state index in [1.54, 1.807) is 0 Å². The molecule has 7 nitrogen and oxygen atoms in total. The molecule has 0 spiro atoms. The molecule has 1 aliphatic rings. The Morgan fingerprint density at radius 2 is 2.00 bits per heavy atom. The Hall–Kier alpha value is -3.10. The number of piperidine rings is 1. The van der Waals surface area contributed by atoms with Crippen molar-refractivity contribution in [1.29, 1.82) is 0 Å². The average molecular weight is 401 g/mol. The molecule has 2 aromatic heterocycles. The van der Waals surface area contributed by atoms with Gasteiger partial charge in [-0.25, -0.2) is 13.8 Å². The lowest BCUT2D eigenvalue weighted by Crippen LogP contribution is -2.30. The van der Waals surface area contributed by atoms with Crippen LogP contribution in [0.3, 0.4) is 0 Å². The van der Waals surface area contributed by atoms with E-state index in [1.165, 1.54) is 12.5 Å². The zero-order valence-electron chi connectivity index (χ0n) is 16.0. The molecular weight excluding hydrogens is 380 g/mol. The van der Waals surface area contributed by atoms with Crippen molar-refractivity contribution in [3.05, 3.63) is 41.4 Å². The average Bonchev–Trinajstić information content (AvgIpc) is 3.09. The monoisotopic (exact) mass is 401 g/mol.